The Labute approximate surface area is 131 Å². The molecular formula is C16H15N5O2. The molecule has 1 amide bonds. The van der Waals surface area contributed by atoms with E-state index in [4.69, 9.17) is 0 Å². The first-order valence-corrected chi connectivity index (χ1v) is 7.41. The van der Waals surface area contributed by atoms with Crippen LogP contribution in [0.2, 0.25) is 0 Å². The van der Waals surface area contributed by atoms with Crippen molar-refractivity contribution in [3.8, 4) is 0 Å². The second-order valence-electron chi connectivity index (χ2n) is 5.64. The highest BCUT2D eigenvalue weighted by molar-refractivity contribution is 5.93. The van der Waals surface area contributed by atoms with Crippen LogP contribution in [-0.4, -0.2) is 36.3 Å². The van der Waals surface area contributed by atoms with Gasteiger partial charge in [-0.25, -0.2) is 9.97 Å². The minimum Gasteiger partial charge on any atom is -0.331 e. The Morgan fingerprint density at radius 1 is 1.22 bits per heavy atom. The SMILES string of the molecule is Cc1cccc2ncc(C(=O)N3CCn4cncc4C3)c(=O)n12. The molecule has 0 aromatic carbocycles. The third-order valence-corrected chi connectivity index (χ3v) is 4.20. The average molecular weight is 309 g/mol. The van der Waals surface area contributed by atoms with Crippen LogP contribution in [0.25, 0.3) is 5.65 Å². The topological polar surface area (TPSA) is 72.5 Å². The Hall–Kier alpha value is -2.96. The van der Waals surface area contributed by atoms with E-state index in [-0.39, 0.29) is 17.0 Å². The number of carbonyl (C=O) groups is 1. The molecule has 0 saturated carbocycles. The first kappa shape index (κ1) is 13.7. The van der Waals surface area contributed by atoms with Crippen LogP contribution in [0.4, 0.5) is 0 Å². The fourth-order valence-electron chi connectivity index (χ4n) is 2.95. The molecule has 0 radical (unpaired) electrons. The van der Waals surface area contributed by atoms with Crippen LogP contribution in [0.15, 0.2) is 41.7 Å². The molecule has 4 heterocycles. The van der Waals surface area contributed by atoms with E-state index in [0.717, 1.165) is 11.4 Å². The molecule has 0 spiro atoms. The van der Waals surface area contributed by atoms with E-state index in [1.54, 1.807) is 23.5 Å². The summed E-state index contributed by atoms with van der Waals surface area (Å²) in [4.78, 5) is 35.4. The van der Waals surface area contributed by atoms with Crippen molar-refractivity contribution in [1.29, 1.82) is 0 Å². The summed E-state index contributed by atoms with van der Waals surface area (Å²) in [7, 11) is 0. The van der Waals surface area contributed by atoms with E-state index >= 15 is 0 Å². The number of aromatic nitrogens is 4. The number of pyridine rings is 1. The smallest absolute Gasteiger partial charge is 0.270 e. The fraction of sp³-hybridized carbons (Fsp3) is 0.250. The minimum atomic E-state index is -0.322. The predicted molar refractivity (Wildman–Crippen MR) is 83.2 cm³/mol. The van der Waals surface area contributed by atoms with Crippen LogP contribution in [0.3, 0.4) is 0 Å². The van der Waals surface area contributed by atoms with Crippen molar-refractivity contribution in [1.82, 2.24) is 23.8 Å². The molecule has 23 heavy (non-hydrogen) atoms. The van der Waals surface area contributed by atoms with Crippen LogP contribution in [0.1, 0.15) is 21.7 Å². The number of rotatable bonds is 1. The largest absolute Gasteiger partial charge is 0.331 e. The Morgan fingerprint density at radius 3 is 2.96 bits per heavy atom. The summed E-state index contributed by atoms with van der Waals surface area (Å²) >= 11 is 0. The van der Waals surface area contributed by atoms with Gasteiger partial charge in [0.25, 0.3) is 11.5 Å². The molecule has 1 aliphatic rings. The van der Waals surface area contributed by atoms with Crippen LogP contribution in [-0.2, 0) is 13.1 Å². The minimum absolute atomic E-state index is 0.102. The zero-order valence-electron chi connectivity index (χ0n) is 12.6. The number of fused-ring (bicyclic) bond motifs is 2. The highest BCUT2D eigenvalue weighted by atomic mass is 16.2. The number of hydrogen-bond acceptors (Lipinski definition) is 4. The molecule has 3 aromatic rings. The summed E-state index contributed by atoms with van der Waals surface area (Å²) < 4.78 is 3.49. The van der Waals surface area contributed by atoms with Gasteiger partial charge in [-0.3, -0.25) is 14.0 Å². The molecule has 4 rings (SSSR count). The monoisotopic (exact) mass is 309 g/mol. The van der Waals surface area contributed by atoms with Gasteiger partial charge in [-0.2, -0.15) is 0 Å². The summed E-state index contributed by atoms with van der Waals surface area (Å²) in [6, 6.07) is 5.41. The van der Waals surface area contributed by atoms with E-state index in [2.05, 4.69) is 9.97 Å². The third kappa shape index (κ3) is 2.12. The normalized spacial score (nSPS) is 14.0. The molecule has 0 bridgehead atoms. The maximum atomic E-state index is 12.8. The zero-order valence-corrected chi connectivity index (χ0v) is 12.6. The van der Waals surface area contributed by atoms with Crippen LogP contribution >= 0.6 is 0 Å². The highest BCUT2D eigenvalue weighted by Gasteiger charge is 2.24. The first-order chi connectivity index (χ1) is 11.1. The van der Waals surface area contributed by atoms with Gasteiger partial charge in [0.2, 0.25) is 0 Å². The van der Waals surface area contributed by atoms with Gasteiger partial charge in [-0.15, -0.1) is 0 Å². The van der Waals surface area contributed by atoms with Gasteiger partial charge in [0.05, 0.1) is 18.6 Å². The molecule has 0 atom stereocenters. The highest BCUT2D eigenvalue weighted by Crippen LogP contribution is 2.13. The Balaban J connectivity index is 1.75. The van der Waals surface area contributed by atoms with Crippen molar-refractivity contribution in [2.75, 3.05) is 6.54 Å². The lowest BCUT2D eigenvalue weighted by atomic mass is 10.2. The number of carbonyl (C=O) groups excluding carboxylic acids is 1. The third-order valence-electron chi connectivity index (χ3n) is 4.20. The molecule has 0 N–H and O–H groups in total. The fourth-order valence-corrected chi connectivity index (χ4v) is 2.95. The van der Waals surface area contributed by atoms with Gasteiger partial charge in [0.1, 0.15) is 11.2 Å². The molecular weight excluding hydrogens is 294 g/mol. The van der Waals surface area contributed by atoms with E-state index in [1.165, 1.54) is 10.6 Å². The second kappa shape index (κ2) is 5.05. The van der Waals surface area contributed by atoms with Crippen molar-refractivity contribution in [2.45, 2.75) is 20.0 Å². The molecule has 116 valence electrons. The predicted octanol–water partition coefficient (Wildman–Crippen LogP) is 0.855. The van der Waals surface area contributed by atoms with Gasteiger partial charge in [0, 0.05) is 31.2 Å². The Morgan fingerprint density at radius 2 is 2.09 bits per heavy atom. The zero-order chi connectivity index (χ0) is 16.0. The van der Waals surface area contributed by atoms with Gasteiger partial charge in [0.15, 0.2) is 0 Å². The van der Waals surface area contributed by atoms with Crippen molar-refractivity contribution in [3.63, 3.8) is 0 Å². The van der Waals surface area contributed by atoms with Crippen molar-refractivity contribution >= 4 is 11.6 Å². The molecule has 0 aliphatic carbocycles. The summed E-state index contributed by atoms with van der Waals surface area (Å²) in [5.74, 6) is -0.285. The van der Waals surface area contributed by atoms with E-state index in [9.17, 15) is 9.59 Å². The maximum absolute atomic E-state index is 12.8. The van der Waals surface area contributed by atoms with Gasteiger partial charge >= 0.3 is 0 Å². The summed E-state index contributed by atoms with van der Waals surface area (Å²) in [6.45, 7) is 3.51. The van der Waals surface area contributed by atoms with E-state index < -0.39 is 0 Å². The molecule has 1 aliphatic heterocycles. The number of imidazole rings is 1. The van der Waals surface area contributed by atoms with E-state index in [1.807, 2.05) is 23.6 Å². The molecule has 0 fully saturated rings. The molecule has 7 heteroatoms. The lowest BCUT2D eigenvalue weighted by Gasteiger charge is -2.27. The van der Waals surface area contributed by atoms with Gasteiger partial charge < -0.3 is 9.47 Å². The van der Waals surface area contributed by atoms with Crippen LogP contribution in [0, 0.1) is 6.92 Å². The van der Waals surface area contributed by atoms with E-state index in [0.29, 0.717) is 25.3 Å². The Kier molecular flexibility index (Phi) is 3.00. The number of amides is 1. The maximum Gasteiger partial charge on any atom is 0.270 e. The first-order valence-electron chi connectivity index (χ1n) is 7.41. The van der Waals surface area contributed by atoms with Crippen molar-refractivity contribution in [2.24, 2.45) is 0 Å². The number of hydrogen-bond donors (Lipinski definition) is 0. The van der Waals surface area contributed by atoms with Gasteiger partial charge in [-0.05, 0) is 19.1 Å². The standard InChI is InChI=1S/C16H15N5O2/c1-11-3-2-4-14-18-8-13(16(23)21(11)14)15(22)19-5-6-20-10-17-7-12(20)9-19/h2-4,7-8,10H,5-6,9H2,1H3. The van der Waals surface area contributed by atoms with Crippen molar-refractivity contribution < 1.29 is 4.79 Å². The summed E-state index contributed by atoms with van der Waals surface area (Å²) in [5.41, 5.74) is 2.05. The van der Waals surface area contributed by atoms with Crippen LogP contribution in [0.5, 0.6) is 0 Å². The molecule has 0 saturated heterocycles. The number of nitrogens with zero attached hydrogens (tertiary/aromatic N) is 5. The number of aryl methyl sites for hydroxylation is 1. The lowest BCUT2D eigenvalue weighted by molar-refractivity contribution is 0.0708. The molecule has 3 aromatic heterocycles. The summed E-state index contributed by atoms with van der Waals surface area (Å²) in [6.07, 6.45) is 4.88. The average Bonchev–Trinajstić information content (AvgIpc) is 3.02. The Bertz CT molecular complexity index is 972. The quantitative estimate of drug-likeness (QED) is 0.668. The molecule has 0 unspecified atom stereocenters. The van der Waals surface area contributed by atoms with Gasteiger partial charge in [-0.1, -0.05) is 6.07 Å². The lowest BCUT2D eigenvalue weighted by Crippen LogP contribution is -2.40. The van der Waals surface area contributed by atoms with Crippen LogP contribution < -0.4 is 5.56 Å². The van der Waals surface area contributed by atoms with Crippen molar-refractivity contribution in [3.05, 3.63) is 64.2 Å². The molecule has 7 nitrogen and oxygen atoms in total. The summed E-state index contributed by atoms with van der Waals surface area (Å²) in [5, 5.41) is 0. The second-order valence-corrected chi connectivity index (χ2v) is 5.64.